The molecule has 150 valence electrons. The topological polar surface area (TPSA) is 26.3 Å². The molecule has 0 N–H and O–H groups in total. The number of hydrogen-bond acceptors (Lipinski definition) is 2. The minimum atomic E-state index is -2.84. The molecule has 2 nitrogen and oxygen atoms in total. The number of alkyl halides is 2. The van der Waals surface area contributed by atoms with Gasteiger partial charge in [0.1, 0.15) is 5.82 Å². The number of Topliss-reactive ketones (excluding diaryl/α,β-unsaturated/α-hetero) is 1. The minimum absolute atomic E-state index is 0.0953. The Kier molecular flexibility index (Phi) is 8.48. The first kappa shape index (κ1) is 23.2. The van der Waals surface area contributed by atoms with Gasteiger partial charge in [0.05, 0.1) is 24.7 Å². The van der Waals surface area contributed by atoms with Gasteiger partial charge in [-0.2, -0.15) is 0 Å². The van der Waals surface area contributed by atoms with Crippen molar-refractivity contribution in [2.75, 3.05) is 13.2 Å². The van der Waals surface area contributed by atoms with E-state index in [1.807, 2.05) is 26.8 Å². The standard InChI is InChI=1S/C12H15FO.C10H14F2O/c1-7(2)10-5-8(3)6-11(13)12(10)9(4)14;1-3-10(11,12)9-6-8(2)4-5-13-7-9/h5-7H,1-4H3;3,9H,1-2,4-7H2/t;9-/m.1/s1. The maximum absolute atomic E-state index is 13.5. The first-order chi connectivity index (χ1) is 12.5. The molecule has 0 radical (unpaired) electrons. The van der Waals surface area contributed by atoms with Crippen molar-refractivity contribution in [3.63, 3.8) is 0 Å². The van der Waals surface area contributed by atoms with Crippen LogP contribution in [0.25, 0.3) is 0 Å². The number of ether oxygens (including phenoxy) is 1. The Labute approximate surface area is 160 Å². The molecule has 0 unspecified atom stereocenters. The molecule has 0 bridgehead atoms. The van der Waals surface area contributed by atoms with Crippen molar-refractivity contribution in [3.05, 3.63) is 59.4 Å². The fourth-order valence-electron chi connectivity index (χ4n) is 2.96. The van der Waals surface area contributed by atoms with Crippen molar-refractivity contribution in [1.29, 1.82) is 0 Å². The van der Waals surface area contributed by atoms with E-state index in [1.165, 1.54) is 13.0 Å². The third-order valence-electron chi connectivity index (χ3n) is 4.51. The van der Waals surface area contributed by atoms with Crippen molar-refractivity contribution < 1.29 is 22.7 Å². The molecule has 1 aromatic carbocycles. The Morgan fingerprint density at radius 3 is 2.52 bits per heavy atom. The molecule has 1 heterocycles. The van der Waals surface area contributed by atoms with E-state index in [4.69, 9.17) is 4.74 Å². The zero-order chi connectivity index (χ0) is 20.8. The molecule has 1 fully saturated rings. The van der Waals surface area contributed by atoms with Gasteiger partial charge >= 0.3 is 0 Å². The molecule has 1 saturated heterocycles. The lowest BCUT2D eigenvalue weighted by Gasteiger charge is -2.22. The van der Waals surface area contributed by atoms with Gasteiger partial charge in [0.15, 0.2) is 5.78 Å². The Bertz CT molecular complexity index is 693. The molecule has 0 saturated carbocycles. The summed E-state index contributed by atoms with van der Waals surface area (Å²) in [6, 6.07) is 3.28. The molecular weight excluding hydrogens is 353 g/mol. The van der Waals surface area contributed by atoms with Gasteiger partial charge in [-0.1, -0.05) is 38.6 Å². The van der Waals surface area contributed by atoms with Gasteiger partial charge in [-0.3, -0.25) is 4.79 Å². The van der Waals surface area contributed by atoms with Crippen LogP contribution < -0.4 is 0 Å². The van der Waals surface area contributed by atoms with Crippen LogP contribution in [-0.4, -0.2) is 24.9 Å². The van der Waals surface area contributed by atoms with E-state index in [0.717, 1.165) is 16.7 Å². The Morgan fingerprint density at radius 2 is 2.00 bits per heavy atom. The van der Waals surface area contributed by atoms with E-state index in [-0.39, 0.29) is 23.9 Å². The first-order valence-electron chi connectivity index (χ1n) is 9.06. The van der Waals surface area contributed by atoms with Crippen LogP contribution in [0.2, 0.25) is 0 Å². The smallest absolute Gasteiger partial charge is 0.271 e. The highest BCUT2D eigenvalue weighted by atomic mass is 19.3. The van der Waals surface area contributed by atoms with Crippen LogP contribution in [0.3, 0.4) is 0 Å². The van der Waals surface area contributed by atoms with Gasteiger partial charge in [0, 0.05) is 0 Å². The highest BCUT2D eigenvalue weighted by Crippen LogP contribution is 2.33. The lowest BCUT2D eigenvalue weighted by Crippen LogP contribution is -2.29. The highest BCUT2D eigenvalue weighted by molar-refractivity contribution is 5.96. The minimum Gasteiger partial charge on any atom is -0.381 e. The largest absolute Gasteiger partial charge is 0.381 e. The number of carbonyl (C=O) groups is 1. The van der Waals surface area contributed by atoms with Crippen LogP contribution in [0.5, 0.6) is 0 Å². The summed E-state index contributed by atoms with van der Waals surface area (Å²) in [7, 11) is 0. The second-order valence-electron chi connectivity index (χ2n) is 7.28. The summed E-state index contributed by atoms with van der Waals surface area (Å²) < 4.78 is 44.9. The quantitative estimate of drug-likeness (QED) is 0.454. The second-order valence-corrected chi connectivity index (χ2v) is 7.28. The fourth-order valence-corrected chi connectivity index (χ4v) is 2.96. The molecule has 1 aliphatic heterocycles. The van der Waals surface area contributed by atoms with Crippen LogP contribution in [0.1, 0.15) is 61.0 Å². The second kappa shape index (κ2) is 9.88. The van der Waals surface area contributed by atoms with E-state index >= 15 is 0 Å². The molecule has 1 atom stereocenters. The van der Waals surface area contributed by atoms with Crippen LogP contribution >= 0.6 is 0 Å². The number of allylic oxidation sites excluding steroid dienone is 1. The van der Waals surface area contributed by atoms with E-state index in [0.29, 0.717) is 25.5 Å². The Balaban J connectivity index is 0.000000271. The van der Waals surface area contributed by atoms with Gasteiger partial charge in [-0.15, -0.1) is 0 Å². The van der Waals surface area contributed by atoms with Crippen molar-refractivity contribution in [3.8, 4) is 0 Å². The van der Waals surface area contributed by atoms with Crippen LogP contribution in [0.4, 0.5) is 13.2 Å². The van der Waals surface area contributed by atoms with Gasteiger partial charge < -0.3 is 4.74 Å². The first-order valence-corrected chi connectivity index (χ1v) is 9.06. The van der Waals surface area contributed by atoms with E-state index in [2.05, 4.69) is 13.2 Å². The SMILES string of the molecule is C=CC(F)(F)[C@H]1COCCC(=C)C1.CC(=O)c1c(F)cc(C)cc1C(C)C. The van der Waals surface area contributed by atoms with Crippen molar-refractivity contribution in [1.82, 2.24) is 0 Å². The third-order valence-corrected chi connectivity index (χ3v) is 4.51. The molecular formula is C22H29F3O2. The zero-order valence-corrected chi connectivity index (χ0v) is 16.6. The summed E-state index contributed by atoms with van der Waals surface area (Å²) in [5.41, 5.74) is 2.74. The Morgan fingerprint density at radius 1 is 1.37 bits per heavy atom. The van der Waals surface area contributed by atoms with Crippen molar-refractivity contribution in [2.24, 2.45) is 5.92 Å². The average molecular weight is 382 g/mol. The number of halogens is 3. The van der Waals surface area contributed by atoms with E-state index in [9.17, 15) is 18.0 Å². The third kappa shape index (κ3) is 6.65. The van der Waals surface area contributed by atoms with Crippen LogP contribution in [0, 0.1) is 18.7 Å². The average Bonchev–Trinajstić information content (AvgIpc) is 2.79. The molecule has 5 heteroatoms. The summed E-state index contributed by atoms with van der Waals surface area (Å²) in [5.74, 6) is -4.07. The Hall–Kier alpha value is -1.88. The lowest BCUT2D eigenvalue weighted by molar-refractivity contribution is -0.0417. The zero-order valence-electron chi connectivity index (χ0n) is 16.6. The van der Waals surface area contributed by atoms with Crippen molar-refractivity contribution >= 4 is 5.78 Å². The molecule has 0 spiro atoms. The number of rotatable bonds is 4. The molecule has 0 aromatic heterocycles. The number of benzene rings is 1. The van der Waals surface area contributed by atoms with E-state index < -0.39 is 17.7 Å². The fraction of sp³-hybridized carbons (Fsp3) is 0.500. The van der Waals surface area contributed by atoms with Crippen LogP contribution in [0.15, 0.2) is 36.9 Å². The summed E-state index contributed by atoms with van der Waals surface area (Å²) in [6.45, 7) is 14.6. The number of ketones is 1. The number of aryl methyl sites for hydroxylation is 1. The predicted molar refractivity (Wildman–Crippen MR) is 103 cm³/mol. The number of hydrogen-bond donors (Lipinski definition) is 0. The summed E-state index contributed by atoms with van der Waals surface area (Å²) >= 11 is 0. The molecule has 1 aromatic rings. The highest BCUT2D eigenvalue weighted by Gasteiger charge is 2.37. The summed E-state index contributed by atoms with van der Waals surface area (Å²) in [6.07, 6.45) is 1.71. The molecule has 2 rings (SSSR count). The van der Waals surface area contributed by atoms with Gasteiger partial charge in [0.2, 0.25) is 0 Å². The summed E-state index contributed by atoms with van der Waals surface area (Å²) in [4.78, 5) is 11.3. The molecule has 27 heavy (non-hydrogen) atoms. The van der Waals surface area contributed by atoms with Gasteiger partial charge in [-0.25, -0.2) is 13.2 Å². The molecule has 1 aliphatic rings. The van der Waals surface area contributed by atoms with Crippen LogP contribution in [-0.2, 0) is 4.74 Å². The number of carbonyl (C=O) groups excluding carboxylic acids is 1. The predicted octanol–water partition coefficient (Wildman–Crippen LogP) is 6.25. The monoisotopic (exact) mass is 382 g/mol. The lowest BCUT2D eigenvalue weighted by atomic mass is 9.93. The molecule has 0 aliphatic carbocycles. The summed E-state index contributed by atoms with van der Waals surface area (Å²) in [5, 5.41) is 0. The maximum atomic E-state index is 13.5. The van der Waals surface area contributed by atoms with Gasteiger partial charge in [-0.05, 0) is 55.9 Å². The van der Waals surface area contributed by atoms with Gasteiger partial charge in [0.25, 0.3) is 5.92 Å². The van der Waals surface area contributed by atoms with Crippen molar-refractivity contribution in [2.45, 2.75) is 52.4 Å². The normalized spacial score (nSPS) is 17.8. The maximum Gasteiger partial charge on any atom is 0.271 e. The molecule has 0 amide bonds. The van der Waals surface area contributed by atoms with E-state index in [1.54, 1.807) is 0 Å².